The second-order valence-corrected chi connectivity index (χ2v) is 4.99. The normalized spacial score (nSPS) is 16.2. The first-order valence-electron chi connectivity index (χ1n) is 6.99. The Morgan fingerprint density at radius 1 is 1.23 bits per heavy atom. The molecule has 0 fully saturated rings. The highest BCUT2D eigenvalue weighted by molar-refractivity contribution is 6.29. The number of furan rings is 2. The van der Waals surface area contributed by atoms with Gasteiger partial charge in [0.2, 0.25) is 5.78 Å². The molecule has 3 heterocycles. The summed E-state index contributed by atoms with van der Waals surface area (Å²) >= 11 is 0. The third-order valence-corrected chi connectivity index (χ3v) is 3.46. The van der Waals surface area contributed by atoms with E-state index in [4.69, 9.17) is 8.83 Å². The highest BCUT2D eigenvalue weighted by Gasteiger charge is 2.29. The highest BCUT2D eigenvalue weighted by Crippen LogP contribution is 2.24. The SMILES string of the molecule is CN1CCCN=C1/C(C(=O)c1ccco1)=C(\O)c1ccco1. The van der Waals surface area contributed by atoms with Crippen LogP contribution in [0.5, 0.6) is 0 Å². The number of hydrogen-bond donors (Lipinski definition) is 1. The molecule has 1 aliphatic rings. The van der Waals surface area contributed by atoms with Gasteiger partial charge in [-0.1, -0.05) is 0 Å². The van der Waals surface area contributed by atoms with Gasteiger partial charge in [-0.15, -0.1) is 0 Å². The second kappa shape index (κ2) is 5.93. The van der Waals surface area contributed by atoms with Crippen molar-refractivity contribution in [2.24, 2.45) is 4.99 Å². The van der Waals surface area contributed by atoms with Gasteiger partial charge in [0, 0.05) is 20.1 Å². The summed E-state index contributed by atoms with van der Waals surface area (Å²) in [5.74, 6) is 0.151. The van der Waals surface area contributed by atoms with Crippen LogP contribution in [0.15, 0.2) is 56.2 Å². The summed E-state index contributed by atoms with van der Waals surface area (Å²) in [5.41, 5.74) is 0.0899. The van der Waals surface area contributed by atoms with Crippen LogP contribution in [0.3, 0.4) is 0 Å². The lowest BCUT2D eigenvalue weighted by Gasteiger charge is -2.26. The van der Waals surface area contributed by atoms with E-state index in [1.54, 1.807) is 24.3 Å². The molecular weight excluding hydrogens is 284 g/mol. The molecule has 114 valence electrons. The van der Waals surface area contributed by atoms with Crippen LogP contribution in [-0.2, 0) is 0 Å². The standard InChI is InChI=1S/C16H16N2O4/c1-18-8-4-7-17-16(18)13(14(19)11-5-2-9-21-11)15(20)12-6-3-10-22-12/h2-3,5-6,9-10,19H,4,7-8H2,1H3/b14-13-. The number of Topliss-reactive ketones (excluding diaryl/α,β-unsaturated/α-hetero) is 1. The number of nitrogens with zero attached hydrogens (tertiary/aromatic N) is 2. The molecule has 0 saturated heterocycles. The number of carbonyl (C=O) groups excluding carboxylic acids is 1. The van der Waals surface area contributed by atoms with E-state index < -0.39 is 5.78 Å². The number of ketones is 1. The Morgan fingerprint density at radius 3 is 2.50 bits per heavy atom. The van der Waals surface area contributed by atoms with Gasteiger partial charge in [0.15, 0.2) is 17.3 Å². The fourth-order valence-electron chi connectivity index (χ4n) is 2.37. The fourth-order valence-corrected chi connectivity index (χ4v) is 2.37. The Bertz CT molecular complexity index is 711. The van der Waals surface area contributed by atoms with Crippen LogP contribution in [0.2, 0.25) is 0 Å². The first-order valence-corrected chi connectivity index (χ1v) is 6.99. The van der Waals surface area contributed by atoms with Gasteiger partial charge in [0.1, 0.15) is 11.4 Å². The number of aliphatic hydroxyl groups is 1. The van der Waals surface area contributed by atoms with Crippen molar-refractivity contribution < 1.29 is 18.7 Å². The van der Waals surface area contributed by atoms with Gasteiger partial charge in [0.25, 0.3) is 0 Å². The Labute approximate surface area is 127 Å². The molecular formula is C16H16N2O4. The van der Waals surface area contributed by atoms with Gasteiger partial charge in [-0.2, -0.15) is 0 Å². The number of rotatable bonds is 4. The summed E-state index contributed by atoms with van der Waals surface area (Å²) in [7, 11) is 1.84. The summed E-state index contributed by atoms with van der Waals surface area (Å²) in [5, 5.41) is 10.5. The van der Waals surface area contributed by atoms with Crippen molar-refractivity contribution in [2.45, 2.75) is 6.42 Å². The summed E-state index contributed by atoms with van der Waals surface area (Å²) in [6.45, 7) is 1.37. The predicted octanol–water partition coefficient (Wildman–Crippen LogP) is 2.76. The van der Waals surface area contributed by atoms with Crippen LogP contribution in [0, 0.1) is 0 Å². The fraction of sp³-hybridized carbons (Fsp3) is 0.250. The topological polar surface area (TPSA) is 79.2 Å². The molecule has 0 saturated carbocycles. The van der Waals surface area contributed by atoms with Crippen LogP contribution in [0.4, 0.5) is 0 Å². The van der Waals surface area contributed by atoms with Crippen LogP contribution in [0.25, 0.3) is 5.76 Å². The molecule has 6 nitrogen and oxygen atoms in total. The van der Waals surface area contributed by atoms with E-state index in [-0.39, 0.29) is 22.9 Å². The molecule has 0 spiro atoms. The van der Waals surface area contributed by atoms with Gasteiger partial charge >= 0.3 is 0 Å². The molecule has 2 aromatic rings. The Kier molecular flexibility index (Phi) is 3.82. The van der Waals surface area contributed by atoms with E-state index in [0.717, 1.165) is 13.0 Å². The Morgan fingerprint density at radius 2 is 1.91 bits per heavy atom. The zero-order chi connectivity index (χ0) is 15.5. The first kappa shape index (κ1) is 14.2. The maximum absolute atomic E-state index is 12.7. The van der Waals surface area contributed by atoms with Crippen molar-refractivity contribution in [1.29, 1.82) is 0 Å². The van der Waals surface area contributed by atoms with Crippen molar-refractivity contribution in [2.75, 3.05) is 20.1 Å². The van der Waals surface area contributed by atoms with Crippen LogP contribution < -0.4 is 0 Å². The van der Waals surface area contributed by atoms with Crippen molar-refractivity contribution in [3.8, 4) is 0 Å². The summed E-state index contributed by atoms with van der Waals surface area (Å²) in [6, 6.07) is 6.42. The summed E-state index contributed by atoms with van der Waals surface area (Å²) < 4.78 is 10.4. The quantitative estimate of drug-likeness (QED) is 0.533. The molecule has 0 bridgehead atoms. The minimum Gasteiger partial charge on any atom is -0.504 e. The molecule has 0 aromatic carbocycles. The lowest BCUT2D eigenvalue weighted by molar-refractivity contribution is 0.101. The number of hydrogen-bond acceptors (Lipinski definition) is 6. The monoisotopic (exact) mass is 300 g/mol. The average molecular weight is 300 g/mol. The number of amidine groups is 1. The number of carbonyl (C=O) groups is 1. The van der Waals surface area contributed by atoms with Crippen molar-refractivity contribution in [3.05, 3.63) is 53.9 Å². The first-order chi connectivity index (χ1) is 10.7. The van der Waals surface area contributed by atoms with E-state index in [1.807, 2.05) is 11.9 Å². The summed E-state index contributed by atoms with van der Waals surface area (Å²) in [4.78, 5) is 19.0. The van der Waals surface area contributed by atoms with Crippen LogP contribution >= 0.6 is 0 Å². The number of likely N-dealkylation sites (N-methyl/N-ethyl adjacent to an activating group) is 1. The molecule has 0 atom stereocenters. The maximum atomic E-state index is 12.7. The van der Waals surface area contributed by atoms with Crippen LogP contribution in [0.1, 0.15) is 22.7 Å². The number of aliphatic hydroxyl groups excluding tert-OH is 1. The minimum atomic E-state index is -0.425. The van der Waals surface area contributed by atoms with Gasteiger partial charge < -0.3 is 18.8 Å². The van der Waals surface area contributed by atoms with E-state index >= 15 is 0 Å². The minimum absolute atomic E-state index is 0.0899. The zero-order valence-electron chi connectivity index (χ0n) is 12.2. The van der Waals surface area contributed by atoms with Gasteiger partial charge in [0.05, 0.1) is 12.5 Å². The van der Waals surface area contributed by atoms with Crippen LogP contribution in [-0.4, -0.2) is 41.8 Å². The van der Waals surface area contributed by atoms with Gasteiger partial charge in [-0.3, -0.25) is 9.79 Å². The van der Waals surface area contributed by atoms with Gasteiger partial charge in [-0.05, 0) is 30.7 Å². The van der Waals surface area contributed by atoms with Gasteiger partial charge in [-0.25, -0.2) is 0 Å². The lowest BCUT2D eigenvalue weighted by atomic mass is 10.0. The third-order valence-electron chi connectivity index (χ3n) is 3.46. The molecule has 0 unspecified atom stereocenters. The molecule has 0 radical (unpaired) electrons. The summed E-state index contributed by atoms with van der Waals surface area (Å²) in [6.07, 6.45) is 3.76. The second-order valence-electron chi connectivity index (χ2n) is 4.99. The third kappa shape index (κ3) is 2.55. The molecule has 22 heavy (non-hydrogen) atoms. The van der Waals surface area contributed by atoms with E-state index in [9.17, 15) is 9.90 Å². The molecule has 6 heteroatoms. The van der Waals surface area contributed by atoms with Crippen molar-refractivity contribution >= 4 is 17.4 Å². The molecule has 1 aliphatic heterocycles. The van der Waals surface area contributed by atoms with E-state index in [1.165, 1.54) is 12.5 Å². The smallest absolute Gasteiger partial charge is 0.235 e. The van der Waals surface area contributed by atoms with Crippen molar-refractivity contribution in [1.82, 2.24) is 4.90 Å². The largest absolute Gasteiger partial charge is 0.504 e. The molecule has 3 rings (SSSR count). The lowest BCUT2D eigenvalue weighted by Crippen LogP contribution is -2.36. The Hall–Kier alpha value is -2.76. The molecule has 0 aliphatic carbocycles. The molecule has 1 N–H and O–H groups in total. The van der Waals surface area contributed by atoms with Crippen molar-refractivity contribution in [3.63, 3.8) is 0 Å². The highest BCUT2D eigenvalue weighted by atomic mass is 16.4. The molecule has 2 aromatic heterocycles. The molecule has 0 amide bonds. The van der Waals surface area contributed by atoms with E-state index in [2.05, 4.69) is 4.99 Å². The van der Waals surface area contributed by atoms with E-state index in [0.29, 0.717) is 12.4 Å². The number of aliphatic imine (C=N–C) groups is 1. The predicted molar refractivity (Wildman–Crippen MR) is 80.8 cm³/mol. The maximum Gasteiger partial charge on any atom is 0.235 e. The zero-order valence-corrected chi connectivity index (χ0v) is 12.2. The Balaban J connectivity index is 2.12. The average Bonchev–Trinajstić information content (AvgIpc) is 3.22.